The highest BCUT2D eigenvalue weighted by atomic mass is 32.2. The van der Waals surface area contributed by atoms with Gasteiger partial charge in [0, 0.05) is 11.4 Å². The van der Waals surface area contributed by atoms with Crippen LogP contribution in [0.15, 0.2) is 59.8 Å². The molecule has 5 nitrogen and oxygen atoms in total. The number of hydrogen-bond acceptors (Lipinski definition) is 4. The summed E-state index contributed by atoms with van der Waals surface area (Å²) in [6, 6.07) is 18.0. The number of benzene rings is 2. The Labute approximate surface area is 164 Å². The molecule has 0 spiro atoms. The Bertz CT molecular complexity index is 890. The molecule has 0 radical (unpaired) electrons. The summed E-state index contributed by atoms with van der Waals surface area (Å²) >= 11 is 1.38. The summed E-state index contributed by atoms with van der Waals surface area (Å²) in [5.41, 5.74) is 3.09. The number of hydrogen-bond donors (Lipinski definition) is 1. The van der Waals surface area contributed by atoms with Crippen molar-refractivity contribution in [3.8, 4) is 5.69 Å². The molecule has 0 fully saturated rings. The van der Waals surface area contributed by atoms with Gasteiger partial charge in [0.25, 0.3) is 0 Å². The van der Waals surface area contributed by atoms with Crippen molar-refractivity contribution in [2.45, 2.75) is 38.3 Å². The van der Waals surface area contributed by atoms with Gasteiger partial charge < -0.3 is 5.32 Å². The SMILES string of the molecule is CC[C@@H](C)c1ccc(NC(=O)CSc2nnc(C)n2-c2ccccc2)cc1. The molecule has 1 N–H and O–H groups in total. The van der Waals surface area contributed by atoms with Gasteiger partial charge in [-0.1, -0.05) is 55.9 Å². The second kappa shape index (κ2) is 8.86. The Morgan fingerprint density at radius 1 is 1.11 bits per heavy atom. The molecule has 3 rings (SSSR count). The van der Waals surface area contributed by atoms with Crippen molar-refractivity contribution in [1.82, 2.24) is 14.8 Å². The third-order valence-corrected chi connectivity index (χ3v) is 5.45. The van der Waals surface area contributed by atoms with E-state index in [1.807, 2.05) is 54.0 Å². The van der Waals surface area contributed by atoms with Crippen LogP contribution in [-0.2, 0) is 4.79 Å². The number of nitrogens with one attached hydrogen (secondary N) is 1. The number of carbonyl (C=O) groups excluding carboxylic acids is 1. The van der Waals surface area contributed by atoms with Crippen LogP contribution in [0.3, 0.4) is 0 Å². The fraction of sp³-hybridized carbons (Fsp3) is 0.286. The van der Waals surface area contributed by atoms with Gasteiger partial charge in [0.05, 0.1) is 5.75 Å². The number of anilines is 1. The van der Waals surface area contributed by atoms with E-state index >= 15 is 0 Å². The predicted molar refractivity (Wildman–Crippen MR) is 111 cm³/mol. The molecule has 0 aliphatic heterocycles. The van der Waals surface area contributed by atoms with Crippen LogP contribution in [0.1, 0.15) is 37.6 Å². The third kappa shape index (κ3) is 4.77. The minimum absolute atomic E-state index is 0.0587. The summed E-state index contributed by atoms with van der Waals surface area (Å²) in [4.78, 5) is 12.3. The lowest BCUT2D eigenvalue weighted by Crippen LogP contribution is -2.14. The molecular weight excluding hydrogens is 356 g/mol. The Balaban J connectivity index is 1.62. The first-order valence-electron chi connectivity index (χ1n) is 9.08. The Hall–Kier alpha value is -2.60. The smallest absolute Gasteiger partial charge is 0.234 e. The number of para-hydroxylation sites is 1. The van der Waals surface area contributed by atoms with Crippen LogP contribution < -0.4 is 5.32 Å². The van der Waals surface area contributed by atoms with Crippen LogP contribution in [0.25, 0.3) is 5.69 Å². The number of nitrogens with zero attached hydrogens (tertiary/aromatic N) is 3. The highest BCUT2D eigenvalue weighted by Crippen LogP contribution is 2.23. The maximum Gasteiger partial charge on any atom is 0.234 e. The molecule has 1 atom stereocenters. The van der Waals surface area contributed by atoms with E-state index < -0.39 is 0 Å². The number of carbonyl (C=O) groups is 1. The van der Waals surface area contributed by atoms with Gasteiger partial charge in [0.2, 0.25) is 5.91 Å². The topological polar surface area (TPSA) is 59.8 Å². The van der Waals surface area contributed by atoms with Crippen LogP contribution in [0, 0.1) is 6.92 Å². The largest absolute Gasteiger partial charge is 0.325 e. The molecule has 6 heteroatoms. The number of amides is 1. The number of rotatable bonds is 7. The van der Waals surface area contributed by atoms with E-state index in [2.05, 4.69) is 41.5 Å². The number of aromatic nitrogens is 3. The molecule has 3 aromatic rings. The van der Waals surface area contributed by atoms with Crippen LogP contribution in [-0.4, -0.2) is 26.4 Å². The Morgan fingerprint density at radius 3 is 2.48 bits per heavy atom. The lowest BCUT2D eigenvalue weighted by Gasteiger charge is -2.11. The van der Waals surface area contributed by atoms with E-state index in [-0.39, 0.29) is 11.7 Å². The maximum atomic E-state index is 12.3. The van der Waals surface area contributed by atoms with Gasteiger partial charge in [-0.05, 0) is 49.1 Å². The van der Waals surface area contributed by atoms with Crippen LogP contribution >= 0.6 is 11.8 Å². The average molecular weight is 381 g/mol. The van der Waals surface area contributed by atoms with Gasteiger partial charge in [-0.3, -0.25) is 9.36 Å². The zero-order chi connectivity index (χ0) is 19.2. The Kier molecular flexibility index (Phi) is 6.29. The Morgan fingerprint density at radius 2 is 1.81 bits per heavy atom. The summed E-state index contributed by atoms with van der Waals surface area (Å²) < 4.78 is 1.96. The van der Waals surface area contributed by atoms with Gasteiger partial charge in [-0.25, -0.2) is 0 Å². The van der Waals surface area contributed by atoms with E-state index in [9.17, 15) is 4.79 Å². The minimum Gasteiger partial charge on any atom is -0.325 e. The minimum atomic E-state index is -0.0587. The molecule has 27 heavy (non-hydrogen) atoms. The molecule has 0 bridgehead atoms. The van der Waals surface area contributed by atoms with Gasteiger partial charge >= 0.3 is 0 Å². The van der Waals surface area contributed by atoms with E-state index in [4.69, 9.17) is 0 Å². The normalized spacial score (nSPS) is 12.0. The van der Waals surface area contributed by atoms with E-state index in [1.54, 1.807) is 0 Å². The fourth-order valence-electron chi connectivity index (χ4n) is 2.77. The van der Waals surface area contributed by atoms with Crippen molar-refractivity contribution in [3.05, 3.63) is 66.0 Å². The quantitative estimate of drug-likeness (QED) is 0.597. The average Bonchev–Trinajstić information content (AvgIpc) is 3.07. The van der Waals surface area contributed by atoms with E-state index in [0.717, 1.165) is 23.6 Å². The fourth-order valence-corrected chi connectivity index (χ4v) is 3.57. The monoisotopic (exact) mass is 380 g/mol. The molecular formula is C21H24N4OS. The lowest BCUT2D eigenvalue weighted by molar-refractivity contribution is -0.113. The molecule has 140 valence electrons. The van der Waals surface area contributed by atoms with Crippen molar-refractivity contribution in [1.29, 1.82) is 0 Å². The van der Waals surface area contributed by atoms with Crippen molar-refractivity contribution in [2.75, 3.05) is 11.1 Å². The molecule has 2 aromatic carbocycles. The predicted octanol–water partition coefficient (Wildman–Crippen LogP) is 4.82. The molecule has 0 unspecified atom stereocenters. The number of thioether (sulfide) groups is 1. The highest BCUT2D eigenvalue weighted by Gasteiger charge is 2.13. The van der Waals surface area contributed by atoms with E-state index in [0.29, 0.717) is 11.1 Å². The lowest BCUT2D eigenvalue weighted by atomic mass is 9.99. The summed E-state index contributed by atoms with van der Waals surface area (Å²) in [6.45, 7) is 6.28. The van der Waals surface area contributed by atoms with Crippen LogP contribution in [0.4, 0.5) is 5.69 Å². The third-order valence-electron chi connectivity index (χ3n) is 4.52. The van der Waals surface area contributed by atoms with Crippen molar-refractivity contribution in [3.63, 3.8) is 0 Å². The zero-order valence-corrected chi connectivity index (χ0v) is 16.7. The molecule has 1 amide bonds. The summed E-state index contributed by atoms with van der Waals surface area (Å²) in [5, 5.41) is 12.0. The van der Waals surface area contributed by atoms with Gasteiger partial charge in [-0.2, -0.15) is 0 Å². The van der Waals surface area contributed by atoms with Gasteiger partial charge in [-0.15, -0.1) is 10.2 Å². The van der Waals surface area contributed by atoms with Gasteiger partial charge in [0.15, 0.2) is 5.16 Å². The second-order valence-corrected chi connectivity index (χ2v) is 7.41. The van der Waals surface area contributed by atoms with Crippen molar-refractivity contribution >= 4 is 23.4 Å². The zero-order valence-electron chi connectivity index (χ0n) is 15.8. The summed E-state index contributed by atoms with van der Waals surface area (Å²) in [6.07, 6.45) is 1.10. The molecule has 1 heterocycles. The molecule has 1 aromatic heterocycles. The highest BCUT2D eigenvalue weighted by molar-refractivity contribution is 7.99. The van der Waals surface area contributed by atoms with Gasteiger partial charge in [0.1, 0.15) is 5.82 Å². The first kappa shape index (κ1) is 19.2. The second-order valence-electron chi connectivity index (χ2n) is 6.47. The van der Waals surface area contributed by atoms with Crippen LogP contribution in [0.5, 0.6) is 0 Å². The van der Waals surface area contributed by atoms with E-state index in [1.165, 1.54) is 17.3 Å². The first-order chi connectivity index (χ1) is 13.1. The molecule has 0 aliphatic carbocycles. The molecule has 0 saturated heterocycles. The molecule has 0 saturated carbocycles. The summed E-state index contributed by atoms with van der Waals surface area (Å²) in [7, 11) is 0. The first-order valence-corrected chi connectivity index (χ1v) is 10.1. The molecule has 0 aliphatic rings. The number of aryl methyl sites for hydroxylation is 1. The standard InChI is InChI=1S/C21H24N4OS/c1-4-15(2)17-10-12-18(13-11-17)22-20(26)14-27-21-24-23-16(3)25(21)19-8-6-5-7-9-19/h5-13,15H,4,14H2,1-3H3,(H,22,26)/t15-/m1/s1. The summed E-state index contributed by atoms with van der Waals surface area (Å²) in [5.74, 6) is 1.54. The van der Waals surface area contributed by atoms with Crippen molar-refractivity contribution < 1.29 is 4.79 Å². The van der Waals surface area contributed by atoms with Crippen molar-refractivity contribution in [2.24, 2.45) is 0 Å². The maximum absolute atomic E-state index is 12.3. The van der Waals surface area contributed by atoms with Crippen LogP contribution in [0.2, 0.25) is 0 Å².